The molecule has 1 atom stereocenters. The summed E-state index contributed by atoms with van der Waals surface area (Å²) in [6, 6.07) is 5.66. The maximum Gasteiger partial charge on any atom is 0.260 e. The molecule has 1 aliphatic rings. The number of benzene rings is 1. The normalized spacial score (nSPS) is 15.0. The van der Waals surface area contributed by atoms with Gasteiger partial charge in [0.05, 0.1) is 14.2 Å². The van der Waals surface area contributed by atoms with Gasteiger partial charge in [0.1, 0.15) is 18.1 Å². The van der Waals surface area contributed by atoms with Gasteiger partial charge in [0.15, 0.2) is 18.1 Å². The first-order chi connectivity index (χ1) is 16.5. The van der Waals surface area contributed by atoms with Crippen molar-refractivity contribution in [3.8, 4) is 11.5 Å². The third-order valence-electron chi connectivity index (χ3n) is 5.52. The largest absolute Gasteiger partial charge is 0.496 e. The molecule has 0 aromatic heterocycles. The van der Waals surface area contributed by atoms with Gasteiger partial charge in [-0.25, -0.2) is 0 Å². The van der Waals surface area contributed by atoms with Crippen molar-refractivity contribution in [1.82, 2.24) is 15.5 Å². The van der Waals surface area contributed by atoms with Gasteiger partial charge in [-0.3, -0.25) is 9.59 Å². The Hall–Kier alpha value is -3.20. The number of hydrogen-bond donors (Lipinski definition) is 2. The predicted octanol–water partition coefficient (Wildman–Crippen LogP) is 1.88. The van der Waals surface area contributed by atoms with E-state index in [1.54, 1.807) is 19.1 Å². The summed E-state index contributed by atoms with van der Waals surface area (Å²) in [5, 5.41) is 5.66. The van der Waals surface area contributed by atoms with Gasteiger partial charge in [-0.15, -0.1) is 0 Å². The van der Waals surface area contributed by atoms with E-state index in [2.05, 4.69) is 17.6 Å². The summed E-state index contributed by atoms with van der Waals surface area (Å²) in [4.78, 5) is 25.3. The monoisotopic (exact) mass is 475 g/mol. The molecule has 0 radical (unpaired) electrons. The molecular formula is C25H37N3O6. The van der Waals surface area contributed by atoms with Crippen LogP contribution >= 0.6 is 0 Å². The van der Waals surface area contributed by atoms with Gasteiger partial charge in [0.2, 0.25) is 6.41 Å². The van der Waals surface area contributed by atoms with Crippen molar-refractivity contribution in [3.05, 3.63) is 47.4 Å². The molecule has 0 bridgehead atoms. The number of carbonyl (C=O) groups excluding carboxylic acids is 2. The highest BCUT2D eigenvalue weighted by atomic mass is 16.5. The van der Waals surface area contributed by atoms with Crippen LogP contribution in [-0.4, -0.2) is 77.9 Å². The molecule has 188 valence electrons. The van der Waals surface area contributed by atoms with E-state index in [0.717, 1.165) is 24.3 Å². The lowest BCUT2D eigenvalue weighted by Gasteiger charge is -2.25. The van der Waals surface area contributed by atoms with Gasteiger partial charge >= 0.3 is 0 Å². The van der Waals surface area contributed by atoms with Crippen LogP contribution in [0.1, 0.15) is 18.9 Å². The number of rotatable bonds is 16. The Morgan fingerprint density at radius 2 is 2.00 bits per heavy atom. The molecule has 0 aliphatic heterocycles. The molecule has 2 rings (SSSR count). The molecule has 2 N–H and O–H groups in total. The SMILES string of the molecule is CNCCOC1=CC(OCC(=O)N(CCNC=O)CCc2cccc(OC)c2OC)=CCC1C. The molecule has 34 heavy (non-hydrogen) atoms. The zero-order valence-electron chi connectivity index (χ0n) is 20.6. The Balaban J connectivity index is 2.00. The smallest absolute Gasteiger partial charge is 0.260 e. The molecule has 0 heterocycles. The molecular weight excluding hydrogens is 438 g/mol. The highest BCUT2D eigenvalue weighted by molar-refractivity contribution is 5.77. The topological polar surface area (TPSA) is 98.4 Å². The van der Waals surface area contributed by atoms with Crippen molar-refractivity contribution in [2.75, 3.05) is 60.7 Å². The second-order valence-electron chi connectivity index (χ2n) is 7.89. The minimum atomic E-state index is -0.167. The van der Waals surface area contributed by atoms with Crippen LogP contribution in [0.2, 0.25) is 0 Å². The lowest BCUT2D eigenvalue weighted by Crippen LogP contribution is -2.40. The number of allylic oxidation sites excluding steroid dienone is 3. The third kappa shape index (κ3) is 8.30. The second kappa shape index (κ2) is 14.8. The van der Waals surface area contributed by atoms with Crippen molar-refractivity contribution in [3.63, 3.8) is 0 Å². The van der Waals surface area contributed by atoms with E-state index >= 15 is 0 Å². The summed E-state index contributed by atoms with van der Waals surface area (Å²) in [6.07, 6.45) is 5.81. The Labute approximate surface area is 202 Å². The van der Waals surface area contributed by atoms with Gasteiger partial charge in [-0.2, -0.15) is 0 Å². The summed E-state index contributed by atoms with van der Waals surface area (Å²) < 4.78 is 22.5. The summed E-state index contributed by atoms with van der Waals surface area (Å²) >= 11 is 0. The number of methoxy groups -OCH3 is 2. The Morgan fingerprint density at radius 1 is 1.18 bits per heavy atom. The van der Waals surface area contributed by atoms with Crippen molar-refractivity contribution in [1.29, 1.82) is 0 Å². The number of ether oxygens (including phenoxy) is 4. The van der Waals surface area contributed by atoms with E-state index in [9.17, 15) is 9.59 Å². The van der Waals surface area contributed by atoms with Crippen molar-refractivity contribution >= 4 is 12.3 Å². The Bertz CT molecular complexity index is 855. The summed E-state index contributed by atoms with van der Waals surface area (Å²) in [5.74, 6) is 2.88. The molecule has 0 saturated carbocycles. The van der Waals surface area contributed by atoms with Crippen LogP contribution in [0, 0.1) is 5.92 Å². The molecule has 9 nitrogen and oxygen atoms in total. The van der Waals surface area contributed by atoms with E-state index in [0.29, 0.717) is 56.3 Å². The number of likely N-dealkylation sites (N-methyl/N-ethyl adjacent to an activating group) is 1. The fourth-order valence-corrected chi connectivity index (χ4v) is 3.57. The van der Waals surface area contributed by atoms with Crippen molar-refractivity contribution in [2.24, 2.45) is 5.92 Å². The van der Waals surface area contributed by atoms with Crippen molar-refractivity contribution < 1.29 is 28.5 Å². The third-order valence-corrected chi connectivity index (χ3v) is 5.52. The first kappa shape index (κ1) is 27.0. The van der Waals surface area contributed by atoms with E-state index in [-0.39, 0.29) is 18.4 Å². The van der Waals surface area contributed by atoms with Gasteiger partial charge in [-0.05, 0) is 37.6 Å². The average molecular weight is 476 g/mol. The van der Waals surface area contributed by atoms with Crippen LogP contribution in [0.25, 0.3) is 0 Å². The summed E-state index contributed by atoms with van der Waals surface area (Å²) in [6.45, 7) is 4.49. The summed E-state index contributed by atoms with van der Waals surface area (Å²) in [7, 11) is 5.06. The van der Waals surface area contributed by atoms with Crippen LogP contribution in [0.4, 0.5) is 0 Å². The molecule has 1 aliphatic carbocycles. The number of carbonyl (C=O) groups is 2. The van der Waals surface area contributed by atoms with Gasteiger partial charge in [-0.1, -0.05) is 19.1 Å². The molecule has 1 aromatic carbocycles. The number of hydrogen-bond acceptors (Lipinski definition) is 7. The molecule has 2 amide bonds. The molecule has 0 fully saturated rings. The van der Waals surface area contributed by atoms with E-state index < -0.39 is 0 Å². The zero-order chi connectivity index (χ0) is 24.8. The summed E-state index contributed by atoms with van der Waals surface area (Å²) in [5.41, 5.74) is 0.930. The Kier molecular flexibility index (Phi) is 11.8. The van der Waals surface area contributed by atoms with Crippen LogP contribution in [0.5, 0.6) is 11.5 Å². The minimum absolute atomic E-state index is 0.100. The molecule has 0 saturated heterocycles. The second-order valence-corrected chi connectivity index (χ2v) is 7.89. The van der Waals surface area contributed by atoms with E-state index in [1.807, 2.05) is 37.4 Å². The zero-order valence-corrected chi connectivity index (χ0v) is 20.6. The highest BCUT2D eigenvalue weighted by Crippen LogP contribution is 2.31. The average Bonchev–Trinajstić information content (AvgIpc) is 2.85. The maximum absolute atomic E-state index is 13.0. The maximum atomic E-state index is 13.0. The number of amides is 2. The van der Waals surface area contributed by atoms with Crippen LogP contribution in [0.3, 0.4) is 0 Å². The van der Waals surface area contributed by atoms with Gasteiger partial charge in [0.25, 0.3) is 5.91 Å². The first-order valence-electron chi connectivity index (χ1n) is 11.5. The minimum Gasteiger partial charge on any atom is -0.496 e. The molecule has 9 heteroatoms. The van der Waals surface area contributed by atoms with Crippen LogP contribution in [-0.2, 0) is 25.5 Å². The molecule has 1 unspecified atom stereocenters. The van der Waals surface area contributed by atoms with Crippen molar-refractivity contribution in [2.45, 2.75) is 19.8 Å². The number of nitrogens with zero attached hydrogens (tertiary/aromatic N) is 1. The fourth-order valence-electron chi connectivity index (χ4n) is 3.57. The predicted molar refractivity (Wildman–Crippen MR) is 130 cm³/mol. The van der Waals surface area contributed by atoms with Gasteiger partial charge < -0.3 is 34.5 Å². The van der Waals surface area contributed by atoms with E-state index in [1.165, 1.54) is 0 Å². The highest BCUT2D eigenvalue weighted by Gasteiger charge is 2.19. The lowest BCUT2D eigenvalue weighted by molar-refractivity contribution is -0.134. The Morgan fingerprint density at radius 3 is 2.71 bits per heavy atom. The quantitative estimate of drug-likeness (QED) is 0.278. The number of nitrogens with one attached hydrogen (secondary N) is 2. The first-order valence-corrected chi connectivity index (χ1v) is 11.5. The van der Waals surface area contributed by atoms with Crippen LogP contribution < -0.4 is 20.1 Å². The molecule has 1 aromatic rings. The molecule has 0 spiro atoms. The van der Waals surface area contributed by atoms with Gasteiger partial charge in [0, 0.05) is 38.2 Å². The van der Waals surface area contributed by atoms with E-state index in [4.69, 9.17) is 18.9 Å². The number of para-hydroxylation sites is 1. The lowest BCUT2D eigenvalue weighted by atomic mass is 10.00. The van der Waals surface area contributed by atoms with Crippen LogP contribution in [0.15, 0.2) is 41.9 Å². The fraction of sp³-hybridized carbons (Fsp3) is 0.520. The standard InChI is InChI=1S/C25H37N3O6/c1-19-8-9-21(16-23(19)33-15-12-26-2)34-17-24(30)28(14-11-27-18-29)13-10-20-6-5-7-22(31-3)25(20)32-4/h5-7,9,16,18-19,26H,8,10-15,17H2,1-4H3,(H,27,29).